The van der Waals surface area contributed by atoms with E-state index in [0.717, 1.165) is 18.7 Å². The summed E-state index contributed by atoms with van der Waals surface area (Å²) >= 11 is 10.2. The SMILES string of the molecule is CCCNC(c1csc(I)c1)c1ccc(Cl)c(OC)c1. The highest BCUT2D eigenvalue weighted by Crippen LogP contribution is 2.32. The number of hydrogen-bond donors (Lipinski definition) is 1. The first-order chi connectivity index (χ1) is 9.65. The van der Waals surface area contributed by atoms with Gasteiger partial charge in [-0.2, -0.15) is 0 Å². The van der Waals surface area contributed by atoms with Gasteiger partial charge in [0.1, 0.15) is 5.75 Å². The summed E-state index contributed by atoms with van der Waals surface area (Å²) in [5, 5.41) is 6.44. The average molecular weight is 422 g/mol. The van der Waals surface area contributed by atoms with Gasteiger partial charge in [-0.25, -0.2) is 0 Å². The summed E-state index contributed by atoms with van der Waals surface area (Å²) < 4.78 is 6.62. The Morgan fingerprint density at radius 1 is 1.35 bits per heavy atom. The number of benzene rings is 1. The van der Waals surface area contributed by atoms with E-state index in [1.807, 2.05) is 12.1 Å². The van der Waals surface area contributed by atoms with Crippen LogP contribution in [0.15, 0.2) is 29.6 Å². The lowest BCUT2D eigenvalue weighted by atomic mass is 10.0. The van der Waals surface area contributed by atoms with Crippen molar-refractivity contribution in [3.8, 4) is 5.75 Å². The van der Waals surface area contributed by atoms with Crippen LogP contribution in [0.4, 0.5) is 0 Å². The molecule has 1 heterocycles. The average Bonchev–Trinajstić information content (AvgIpc) is 2.87. The van der Waals surface area contributed by atoms with Crippen LogP contribution >= 0.6 is 45.5 Å². The number of methoxy groups -OCH3 is 1. The molecule has 2 rings (SSSR count). The van der Waals surface area contributed by atoms with Gasteiger partial charge < -0.3 is 10.1 Å². The highest BCUT2D eigenvalue weighted by Gasteiger charge is 2.16. The van der Waals surface area contributed by atoms with Crippen molar-refractivity contribution in [1.29, 1.82) is 0 Å². The monoisotopic (exact) mass is 421 g/mol. The van der Waals surface area contributed by atoms with Crippen LogP contribution < -0.4 is 10.1 Å². The molecule has 0 bridgehead atoms. The molecular formula is C15H17ClINOS. The van der Waals surface area contributed by atoms with Gasteiger partial charge in [-0.1, -0.05) is 24.6 Å². The Morgan fingerprint density at radius 2 is 2.15 bits per heavy atom. The highest BCUT2D eigenvalue weighted by molar-refractivity contribution is 14.1. The summed E-state index contributed by atoms with van der Waals surface area (Å²) in [6, 6.07) is 8.37. The Balaban J connectivity index is 2.35. The molecule has 1 atom stereocenters. The summed E-state index contributed by atoms with van der Waals surface area (Å²) in [5.41, 5.74) is 2.46. The second kappa shape index (κ2) is 7.64. The van der Waals surface area contributed by atoms with E-state index in [9.17, 15) is 0 Å². The molecule has 1 aromatic heterocycles. The number of halogens is 2. The molecule has 0 spiro atoms. The third kappa shape index (κ3) is 3.87. The Hall–Kier alpha value is -0.300. The standard InChI is InChI=1S/C15H17ClINOS/c1-3-6-18-15(11-8-14(17)20-9-11)10-4-5-12(16)13(7-10)19-2/h4-5,7-9,15,18H,3,6H2,1-2H3. The molecule has 2 nitrogen and oxygen atoms in total. The van der Waals surface area contributed by atoms with Gasteiger partial charge >= 0.3 is 0 Å². The van der Waals surface area contributed by atoms with Crippen molar-refractivity contribution in [3.05, 3.63) is 48.7 Å². The molecule has 0 aliphatic carbocycles. The third-order valence-electron chi connectivity index (χ3n) is 3.03. The van der Waals surface area contributed by atoms with Crippen LogP contribution in [-0.2, 0) is 0 Å². The van der Waals surface area contributed by atoms with Crippen LogP contribution in [0.3, 0.4) is 0 Å². The van der Waals surface area contributed by atoms with E-state index in [-0.39, 0.29) is 6.04 Å². The van der Waals surface area contributed by atoms with Gasteiger partial charge in [0.25, 0.3) is 0 Å². The molecule has 1 N–H and O–H groups in total. The predicted molar refractivity (Wildman–Crippen MR) is 95.2 cm³/mol. The molecule has 0 amide bonds. The minimum Gasteiger partial charge on any atom is -0.495 e. The van der Waals surface area contributed by atoms with Gasteiger partial charge in [0.15, 0.2) is 0 Å². The lowest BCUT2D eigenvalue weighted by Gasteiger charge is -2.19. The molecule has 5 heteroatoms. The second-order valence-electron chi connectivity index (χ2n) is 4.47. The van der Waals surface area contributed by atoms with Crippen molar-refractivity contribution in [2.24, 2.45) is 0 Å². The van der Waals surface area contributed by atoms with Gasteiger partial charge in [0.05, 0.1) is 21.1 Å². The first-order valence-electron chi connectivity index (χ1n) is 6.46. The van der Waals surface area contributed by atoms with Gasteiger partial charge in [-0.3, -0.25) is 0 Å². The molecule has 0 fully saturated rings. The van der Waals surface area contributed by atoms with E-state index in [1.54, 1.807) is 18.4 Å². The number of rotatable bonds is 6. The van der Waals surface area contributed by atoms with Gasteiger partial charge in [0.2, 0.25) is 0 Å². The normalized spacial score (nSPS) is 12.4. The Bertz CT molecular complexity index is 573. The third-order valence-corrected chi connectivity index (χ3v) is 5.15. The lowest BCUT2D eigenvalue weighted by molar-refractivity contribution is 0.414. The molecule has 1 aromatic carbocycles. The maximum atomic E-state index is 6.11. The van der Waals surface area contributed by atoms with E-state index in [0.29, 0.717) is 5.02 Å². The molecule has 0 radical (unpaired) electrons. The zero-order valence-electron chi connectivity index (χ0n) is 11.5. The van der Waals surface area contributed by atoms with Crippen LogP contribution in [0.1, 0.15) is 30.5 Å². The summed E-state index contributed by atoms with van der Waals surface area (Å²) in [7, 11) is 1.65. The van der Waals surface area contributed by atoms with Crippen LogP contribution in [0.5, 0.6) is 5.75 Å². The first-order valence-corrected chi connectivity index (χ1v) is 8.80. The summed E-state index contributed by atoms with van der Waals surface area (Å²) in [4.78, 5) is 0. The largest absolute Gasteiger partial charge is 0.495 e. The summed E-state index contributed by atoms with van der Waals surface area (Å²) in [6.45, 7) is 3.14. The lowest BCUT2D eigenvalue weighted by Crippen LogP contribution is -2.22. The first kappa shape index (κ1) is 16.1. The molecule has 0 saturated carbocycles. The van der Waals surface area contributed by atoms with Gasteiger partial charge in [-0.05, 0) is 70.3 Å². The quantitative estimate of drug-likeness (QED) is 0.655. The van der Waals surface area contributed by atoms with E-state index >= 15 is 0 Å². The van der Waals surface area contributed by atoms with Crippen molar-refractivity contribution in [3.63, 3.8) is 0 Å². The molecule has 1 unspecified atom stereocenters. The zero-order chi connectivity index (χ0) is 14.5. The maximum Gasteiger partial charge on any atom is 0.137 e. The van der Waals surface area contributed by atoms with E-state index < -0.39 is 0 Å². The molecule has 0 saturated heterocycles. The zero-order valence-corrected chi connectivity index (χ0v) is 15.2. The second-order valence-corrected chi connectivity index (χ2v) is 7.68. The fraction of sp³-hybridized carbons (Fsp3) is 0.333. The number of ether oxygens (including phenoxy) is 1. The number of nitrogens with one attached hydrogen (secondary N) is 1. The molecule has 0 aliphatic rings. The molecule has 108 valence electrons. The summed E-state index contributed by atoms with van der Waals surface area (Å²) in [5.74, 6) is 0.720. The van der Waals surface area contributed by atoms with Crippen LogP contribution in [-0.4, -0.2) is 13.7 Å². The number of thiophene rings is 1. The van der Waals surface area contributed by atoms with Crippen molar-refractivity contribution < 1.29 is 4.74 Å². The minimum atomic E-state index is 0.181. The van der Waals surface area contributed by atoms with Crippen molar-refractivity contribution in [2.75, 3.05) is 13.7 Å². The van der Waals surface area contributed by atoms with Crippen LogP contribution in [0.25, 0.3) is 0 Å². The summed E-state index contributed by atoms with van der Waals surface area (Å²) in [6.07, 6.45) is 1.10. The fourth-order valence-electron chi connectivity index (χ4n) is 2.05. The Labute approximate surface area is 142 Å². The molecule has 0 aliphatic heterocycles. The van der Waals surface area contributed by atoms with Crippen LogP contribution in [0.2, 0.25) is 5.02 Å². The van der Waals surface area contributed by atoms with Gasteiger partial charge in [0, 0.05) is 0 Å². The predicted octanol–water partition coefficient (Wildman–Crippen LogP) is 5.10. The minimum absolute atomic E-state index is 0.181. The van der Waals surface area contributed by atoms with Crippen LogP contribution in [0, 0.1) is 2.88 Å². The highest BCUT2D eigenvalue weighted by atomic mass is 127. The van der Waals surface area contributed by atoms with Crippen molar-refractivity contribution >= 4 is 45.5 Å². The van der Waals surface area contributed by atoms with E-state index in [2.05, 4.69) is 52.3 Å². The molecule has 20 heavy (non-hydrogen) atoms. The van der Waals surface area contributed by atoms with E-state index in [1.165, 1.54) is 14.0 Å². The van der Waals surface area contributed by atoms with Gasteiger partial charge in [-0.15, -0.1) is 11.3 Å². The Kier molecular flexibility index (Phi) is 6.14. The fourth-order valence-corrected chi connectivity index (χ4v) is 3.64. The van der Waals surface area contributed by atoms with E-state index in [4.69, 9.17) is 16.3 Å². The Morgan fingerprint density at radius 3 is 2.75 bits per heavy atom. The number of hydrogen-bond acceptors (Lipinski definition) is 3. The van der Waals surface area contributed by atoms with Crippen molar-refractivity contribution in [1.82, 2.24) is 5.32 Å². The maximum absolute atomic E-state index is 6.11. The van der Waals surface area contributed by atoms with Crippen molar-refractivity contribution in [2.45, 2.75) is 19.4 Å². The smallest absolute Gasteiger partial charge is 0.137 e. The molecule has 2 aromatic rings. The molecular weight excluding hydrogens is 405 g/mol. The topological polar surface area (TPSA) is 21.3 Å².